The molecule has 4 aliphatic rings. The molecule has 3 heteroatoms. The van der Waals surface area contributed by atoms with E-state index in [-0.39, 0.29) is 5.60 Å². The van der Waals surface area contributed by atoms with Crippen molar-refractivity contribution in [3.05, 3.63) is 0 Å². The first-order valence-corrected chi connectivity index (χ1v) is 8.82. The molecule has 1 aliphatic carbocycles. The van der Waals surface area contributed by atoms with Crippen LogP contribution in [-0.2, 0) is 9.47 Å². The monoisotopic (exact) mass is 279 g/mol. The molecule has 0 radical (unpaired) electrons. The Balaban J connectivity index is 1.47. The molecule has 5 atom stereocenters. The SMILES string of the molecule is CCNC(C1CCOC2(CCC2)C1)C1CC2CCC1O2. The van der Waals surface area contributed by atoms with Gasteiger partial charge in [0.05, 0.1) is 17.8 Å². The van der Waals surface area contributed by atoms with E-state index >= 15 is 0 Å². The van der Waals surface area contributed by atoms with Crippen LogP contribution in [0.2, 0.25) is 0 Å². The lowest BCUT2D eigenvalue weighted by atomic mass is 9.67. The summed E-state index contributed by atoms with van der Waals surface area (Å²) in [6, 6.07) is 0.664. The minimum atomic E-state index is 0.273. The first-order chi connectivity index (χ1) is 9.80. The van der Waals surface area contributed by atoms with Crippen LogP contribution in [0.5, 0.6) is 0 Å². The van der Waals surface area contributed by atoms with Crippen molar-refractivity contribution in [2.24, 2.45) is 11.8 Å². The molecule has 114 valence electrons. The van der Waals surface area contributed by atoms with E-state index in [1.165, 1.54) is 51.4 Å². The first-order valence-electron chi connectivity index (χ1n) is 8.82. The van der Waals surface area contributed by atoms with Crippen molar-refractivity contribution in [2.75, 3.05) is 13.2 Å². The summed E-state index contributed by atoms with van der Waals surface area (Å²) < 4.78 is 12.2. The second-order valence-corrected chi connectivity index (χ2v) is 7.49. The molecule has 0 amide bonds. The smallest absolute Gasteiger partial charge is 0.0685 e. The van der Waals surface area contributed by atoms with Crippen molar-refractivity contribution in [1.29, 1.82) is 0 Å². The van der Waals surface area contributed by atoms with Gasteiger partial charge in [-0.3, -0.25) is 0 Å². The molecule has 20 heavy (non-hydrogen) atoms. The van der Waals surface area contributed by atoms with Gasteiger partial charge in [-0.1, -0.05) is 6.92 Å². The zero-order valence-electron chi connectivity index (χ0n) is 12.8. The molecule has 4 fully saturated rings. The van der Waals surface area contributed by atoms with Crippen molar-refractivity contribution >= 4 is 0 Å². The van der Waals surface area contributed by atoms with Gasteiger partial charge in [0.1, 0.15) is 0 Å². The van der Waals surface area contributed by atoms with Crippen LogP contribution in [-0.4, -0.2) is 37.0 Å². The van der Waals surface area contributed by atoms with E-state index in [4.69, 9.17) is 9.47 Å². The molecule has 3 nitrogen and oxygen atoms in total. The highest BCUT2D eigenvalue weighted by Crippen LogP contribution is 2.48. The van der Waals surface area contributed by atoms with E-state index in [0.717, 1.165) is 25.0 Å². The van der Waals surface area contributed by atoms with E-state index in [2.05, 4.69) is 12.2 Å². The van der Waals surface area contributed by atoms with E-state index in [0.29, 0.717) is 18.2 Å². The number of fused-ring (bicyclic) bond motifs is 2. The maximum atomic E-state index is 6.13. The average Bonchev–Trinajstić information content (AvgIpc) is 3.06. The molecule has 3 saturated heterocycles. The van der Waals surface area contributed by atoms with Gasteiger partial charge >= 0.3 is 0 Å². The Bertz CT molecular complexity index is 355. The molecule has 0 aromatic heterocycles. The van der Waals surface area contributed by atoms with Crippen molar-refractivity contribution in [2.45, 2.75) is 82.1 Å². The van der Waals surface area contributed by atoms with Crippen LogP contribution >= 0.6 is 0 Å². The second kappa shape index (κ2) is 5.26. The summed E-state index contributed by atoms with van der Waals surface area (Å²) in [4.78, 5) is 0. The quantitative estimate of drug-likeness (QED) is 0.858. The van der Waals surface area contributed by atoms with Gasteiger partial charge in [-0.15, -0.1) is 0 Å². The molecule has 0 aromatic carbocycles. The third kappa shape index (κ3) is 2.22. The Hall–Kier alpha value is -0.120. The number of nitrogens with one attached hydrogen (secondary N) is 1. The summed E-state index contributed by atoms with van der Waals surface area (Å²) in [7, 11) is 0. The Labute approximate surface area is 122 Å². The molecular weight excluding hydrogens is 250 g/mol. The predicted molar refractivity (Wildman–Crippen MR) is 78.7 cm³/mol. The molecule has 1 saturated carbocycles. The topological polar surface area (TPSA) is 30.5 Å². The summed E-state index contributed by atoms with van der Waals surface area (Å²) in [5.41, 5.74) is 0.273. The summed E-state index contributed by atoms with van der Waals surface area (Å²) >= 11 is 0. The van der Waals surface area contributed by atoms with Crippen LogP contribution in [0.15, 0.2) is 0 Å². The minimum absolute atomic E-state index is 0.273. The molecule has 2 bridgehead atoms. The number of rotatable bonds is 4. The molecule has 1 N–H and O–H groups in total. The Morgan fingerprint density at radius 3 is 2.75 bits per heavy atom. The average molecular weight is 279 g/mol. The normalized spacial score (nSPS) is 43.6. The van der Waals surface area contributed by atoms with Crippen LogP contribution in [0.4, 0.5) is 0 Å². The number of ether oxygens (including phenoxy) is 2. The van der Waals surface area contributed by atoms with Crippen molar-refractivity contribution < 1.29 is 9.47 Å². The molecule has 3 heterocycles. The van der Waals surface area contributed by atoms with Crippen molar-refractivity contribution in [3.8, 4) is 0 Å². The standard InChI is InChI=1S/C17H29NO2/c1-2-18-16(14-10-13-4-5-15(14)20-13)12-6-9-19-17(11-12)7-3-8-17/h12-16,18H,2-11H2,1H3. The zero-order chi connectivity index (χ0) is 13.6. The molecule has 3 aliphatic heterocycles. The number of hydrogen-bond acceptors (Lipinski definition) is 3. The van der Waals surface area contributed by atoms with Gasteiger partial charge in [-0.05, 0) is 63.8 Å². The highest BCUT2D eigenvalue weighted by atomic mass is 16.5. The van der Waals surface area contributed by atoms with Crippen LogP contribution in [0.25, 0.3) is 0 Å². The fourth-order valence-electron chi connectivity index (χ4n) is 5.25. The van der Waals surface area contributed by atoms with E-state index in [9.17, 15) is 0 Å². The van der Waals surface area contributed by atoms with Gasteiger partial charge < -0.3 is 14.8 Å². The van der Waals surface area contributed by atoms with Gasteiger partial charge in [-0.25, -0.2) is 0 Å². The van der Waals surface area contributed by atoms with Crippen LogP contribution in [0, 0.1) is 11.8 Å². The highest BCUT2D eigenvalue weighted by Gasteiger charge is 2.50. The zero-order valence-corrected chi connectivity index (χ0v) is 12.8. The van der Waals surface area contributed by atoms with Gasteiger partial charge in [-0.2, -0.15) is 0 Å². The molecular formula is C17H29NO2. The highest BCUT2D eigenvalue weighted by molar-refractivity contribution is 5.02. The van der Waals surface area contributed by atoms with Crippen LogP contribution < -0.4 is 5.32 Å². The predicted octanol–water partition coefficient (Wildman–Crippen LogP) is 2.88. The third-order valence-electron chi connectivity index (χ3n) is 6.36. The maximum absolute atomic E-state index is 6.13. The van der Waals surface area contributed by atoms with Gasteiger partial charge in [0, 0.05) is 18.6 Å². The van der Waals surface area contributed by atoms with Gasteiger partial charge in [0.2, 0.25) is 0 Å². The maximum Gasteiger partial charge on any atom is 0.0685 e. The van der Waals surface area contributed by atoms with Gasteiger partial charge in [0.25, 0.3) is 0 Å². The Morgan fingerprint density at radius 1 is 1.25 bits per heavy atom. The Morgan fingerprint density at radius 2 is 2.15 bits per heavy atom. The van der Waals surface area contributed by atoms with Crippen molar-refractivity contribution in [1.82, 2.24) is 5.32 Å². The third-order valence-corrected chi connectivity index (χ3v) is 6.36. The number of hydrogen-bond donors (Lipinski definition) is 1. The summed E-state index contributed by atoms with van der Waals surface area (Å²) in [6.45, 7) is 4.32. The summed E-state index contributed by atoms with van der Waals surface area (Å²) in [6.07, 6.45) is 11.5. The summed E-state index contributed by atoms with van der Waals surface area (Å²) in [5, 5.41) is 3.83. The van der Waals surface area contributed by atoms with E-state index in [1.54, 1.807) is 0 Å². The van der Waals surface area contributed by atoms with Crippen molar-refractivity contribution in [3.63, 3.8) is 0 Å². The molecule has 0 aromatic rings. The molecule has 1 spiro atoms. The van der Waals surface area contributed by atoms with Gasteiger partial charge in [0.15, 0.2) is 0 Å². The Kier molecular flexibility index (Phi) is 3.56. The van der Waals surface area contributed by atoms with Crippen LogP contribution in [0.3, 0.4) is 0 Å². The van der Waals surface area contributed by atoms with E-state index in [1.807, 2.05) is 0 Å². The van der Waals surface area contributed by atoms with Crippen LogP contribution in [0.1, 0.15) is 58.3 Å². The fraction of sp³-hybridized carbons (Fsp3) is 1.00. The second-order valence-electron chi connectivity index (χ2n) is 7.49. The first kappa shape index (κ1) is 13.5. The lowest BCUT2D eigenvalue weighted by Crippen LogP contribution is -2.53. The fourth-order valence-corrected chi connectivity index (χ4v) is 5.25. The lowest BCUT2D eigenvalue weighted by Gasteiger charge is -2.50. The largest absolute Gasteiger partial charge is 0.375 e. The molecule has 4 rings (SSSR count). The summed E-state index contributed by atoms with van der Waals surface area (Å²) in [5.74, 6) is 1.56. The molecule has 5 unspecified atom stereocenters. The minimum Gasteiger partial charge on any atom is -0.375 e. The lowest BCUT2D eigenvalue weighted by molar-refractivity contribution is -0.149. The van der Waals surface area contributed by atoms with E-state index < -0.39 is 0 Å².